The Morgan fingerprint density at radius 3 is 2.88 bits per heavy atom. The fraction of sp³-hybridized carbons (Fsp3) is 0.444. The van der Waals surface area contributed by atoms with Crippen molar-refractivity contribution in [2.45, 2.75) is 25.4 Å². The van der Waals surface area contributed by atoms with Gasteiger partial charge in [0.05, 0.1) is 24.3 Å². The minimum atomic E-state index is -3.21. The van der Waals surface area contributed by atoms with Crippen LogP contribution in [0.2, 0.25) is 0 Å². The van der Waals surface area contributed by atoms with Gasteiger partial charge in [-0.15, -0.1) is 0 Å². The molecule has 0 spiro atoms. The molecule has 1 unspecified atom stereocenters. The van der Waals surface area contributed by atoms with Crippen molar-refractivity contribution in [3.63, 3.8) is 0 Å². The summed E-state index contributed by atoms with van der Waals surface area (Å²) in [6.07, 6.45) is -1.92. The molecular weight excluding hydrogens is 236 g/mol. The molecule has 8 heteroatoms. The molecule has 2 heterocycles. The van der Waals surface area contributed by atoms with Crippen LogP contribution in [0.15, 0.2) is 6.33 Å². The standard InChI is InChI=1S/C9H9F2N3O3/c10-7(11)8(15)14-2-5-4(12-3-13-5)1-6(14)9(16)17/h3,6-7H,1-2H2,(H,12,13)(H,16,17). The second-order valence-corrected chi connectivity index (χ2v) is 3.65. The number of hydrogen-bond acceptors (Lipinski definition) is 3. The highest BCUT2D eigenvalue weighted by molar-refractivity contribution is 5.86. The van der Waals surface area contributed by atoms with Crippen LogP contribution in [0.4, 0.5) is 8.78 Å². The number of aromatic nitrogens is 2. The molecule has 6 nitrogen and oxygen atoms in total. The molecule has 1 amide bonds. The molecule has 1 aliphatic rings. The maximum Gasteiger partial charge on any atom is 0.326 e. The van der Waals surface area contributed by atoms with E-state index in [9.17, 15) is 18.4 Å². The Balaban J connectivity index is 2.31. The number of carbonyl (C=O) groups excluding carboxylic acids is 1. The number of nitrogens with zero attached hydrogens (tertiary/aromatic N) is 2. The summed E-state index contributed by atoms with van der Waals surface area (Å²) in [6.45, 7) is -0.185. The molecule has 2 N–H and O–H groups in total. The van der Waals surface area contributed by atoms with E-state index < -0.39 is 24.3 Å². The lowest BCUT2D eigenvalue weighted by Gasteiger charge is -2.31. The van der Waals surface area contributed by atoms with Crippen molar-refractivity contribution < 1.29 is 23.5 Å². The Morgan fingerprint density at radius 2 is 2.29 bits per heavy atom. The molecule has 0 radical (unpaired) electrons. The number of H-pyrrole nitrogens is 1. The lowest BCUT2D eigenvalue weighted by atomic mass is 10.0. The van der Waals surface area contributed by atoms with Gasteiger partial charge in [-0.3, -0.25) is 4.79 Å². The number of hydrogen-bond donors (Lipinski definition) is 2. The van der Waals surface area contributed by atoms with Gasteiger partial charge in [-0.05, 0) is 0 Å². The summed E-state index contributed by atoms with van der Waals surface area (Å²) in [7, 11) is 0. The van der Waals surface area contributed by atoms with Gasteiger partial charge in [-0.2, -0.15) is 8.78 Å². The van der Waals surface area contributed by atoms with E-state index in [0.717, 1.165) is 0 Å². The number of aromatic amines is 1. The molecule has 17 heavy (non-hydrogen) atoms. The Hall–Kier alpha value is -1.99. The lowest BCUT2D eigenvalue weighted by molar-refractivity contribution is -0.157. The Bertz CT molecular complexity index is 460. The molecule has 0 aliphatic carbocycles. The topological polar surface area (TPSA) is 86.3 Å². The van der Waals surface area contributed by atoms with E-state index in [0.29, 0.717) is 16.3 Å². The SMILES string of the molecule is O=C(O)C1Cc2nc[nH]c2CN1C(=O)C(F)F. The molecule has 1 aromatic heterocycles. The first-order valence-electron chi connectivity index (χ1n) is 4.83. The van der Waals surface area contributed by atoms with Crippen LogP contribution in [-0.4, -0.2) is 44.3 Å². The molecule has 0 saturated heterocycles. The quantitative estimate of drug-likeness (QED) is 0.768. The van der Waals surface area contributed by atoms with Crippen LogP contribution in [0, 0.1) is 0 Å². The third-order valence-electron chi connectivity index (χ3n) is 2.65. The molecule has 1 aromatic rings. The van der Waals surface area contributed by atoms with Gasteiger partial charge in [0.1, 0.15) is 6.04 Å². The predicted molar refractivity (Wildman–Crippen MR) is 50.3 cm³/mol. The smallest absolute Gasteiger partial charge is 0.326 e. The van der Waals surface area contributed by atoms with Gasteiger partial charge in [0.25, 0.3) is 5.91 Å². The third-order valence-corrected chi connectivity index (χ3v) is 2.65. The van der Waals surface area contributed by atoms with E-state index in [2.05, 4.69) is 9.97 Å². The van der Waals surface area contributed by atoms with Crippen molar-refractivity contribution >= 4 is 11.9 Å². The van der Waals surface area contributed by atoms with Crippen LogP contribution in [0.1, 0.15) is 11.4 Å². The molecule has 92 valence electrons. The van der Waals surface area contributed by atoms with Gasteiger partial charge >= 0.3 is 12.4 Å². The second-order valence-electron chi connectivity index (χ2n) is 3.65. The van der Waals surface area contributed by atoms with Gasteiger partial charge < -0.3 is 15.0 Å². The maximum atomic E-state index is 12.3. The minimum Gasteiger partial charge on any atom is -0.480 e. The number of carboxylic acids is 1. The summed E-state index contributed by atoms with van der Waals surface area (Å²) in [5.74, 6) is -2.79. The Kier molecular flexibility index (Phi) is 2.78. The van der Waals surface area contributed by atoms with E-state index >= 15 is 0 Å². The van der Waals surface area contributed by atoms with E-state index in [4.69, 9.17) is 5.11 Å². The maximum absolute atomic E-state index is 12.3. The van der Waals surface area contributed by atoms with Crippen molar-refractivity contribution in [3.8, 4) is 0 Å². The number of carboxylic acid groups (broad SMARTS) is 1. The zero-order chi connectivity index (χ0) is 12.6. The van der Waals surface area contributed by atoms with Gasteiger partial charge in [-0.25, -0.2) is 9.78 Å². The van der Waals surface area contributed by atoms with Crippen LogP contribution in [-0.2, 0) is 22.6 Å². The van der Waals surface area contributed by atoms with E-state index in [-0.39, 0.29) is 13.0 Å². The largest absolute Gasteiger partial charge is 0.480 e. The lowest BCUT2D eigenvalue weighted by Crippen LogP contribution is -2.50. The van der Waals surface area contributed by atoms with Crippen LogP contribution >= 0.6 is 0 Å². The zero-order valence-electron chi connectivity index (χ0n) is 8.56. The van der Waals surface area contributed by atoms with Gasteiger partial charge in [0.2, 0.25) is 0 Å². The summed E-state index contributed by atoms with van der Waals surface area (Å²) < 4.78 is 24.7. The Labute approximate surface area is 94.3 Å². The fourth-order valence-corrected chi connectivity index (χ4v) is 1.81. The number of halogens is 2. The number of imidazole rings is 1. The minimum absolute atomic E-state index is 0.0629. The molecule has 0 aromatic carbocycles. The van der Waals surface area contributed by atoms with Crippen LogP contribution in [0.3, 0.4) is 0 Å². The van der Waals surface area contributed by atoms with E-state index in [1.807, 2.05) is 0 Å². The number of carbonyl (C=O) groups is 2. The number of alkyl halides is 2. The fourth-order valence-electron chi connectivity index (χ4n) is 1.81. The highest BCUT2D eigenvalue weighted by Crippen LogP contribution is 2.22. The first kappa shape index (κ1) is 11.5. The van der Waals surface area contributed by atoms with Crippen molar-refractivity contribution in [1.29, 1.82) is 0 Å². The number of amides is 1. The second kappa shape index (κ2) is 4.11. The Morgan fingerprint density at radius 1 is 1.59 bits per heavy atom. The number of rotatable bonds is 2. The van der Waals surface area contributed by atoms with E-state index in [1.54, 1.807) is 0 Å². The van der Waals surface area contributed by atoms with Gasteiger partial charge in [-0.1, -0.05) is 0 Å². The average molecular weight is 245 g/mol. The molecule has 0 saturated carbocycles. The van der Waals surface area contributed by atoms with E-state index in [1.165, 1.54) is 6.33 Å². The average Bonchev–Trinajstić information content (AvgIpc) is 2.72. The predicted octanol–water partition coefficient (Wildman–Crippen LogP) is 0.0127. The summed E-state index contributed by atoms with van der Waals surface area (Å²) in [5, 5.41) is 8.93. The van der Waals surface area contributed by atoms with Crippen molar-refractivity contribution in [2.24, 2.45) is 0 Å². The monoisotopic (exact) mass is 245 g/mol. The van der Waals surface area contributed by atoms with Gasteiger partial charge in [0.15, 0.2) is 0 Å². The highest BCUT2D eigenvalue weighted by atomic mass is 19.3. The first-order valence-corrected chi connectivity index (χ1v) is 4.83. The molecule has 1 aliphatic heterocycles. The summed E-state index contributed by atoms with van der Waals surface area (Å²) >= 11 is 0. The number of aliphatic carboxylic acids is 1. The van der Waals surface area contributed by atoms with Gasteiger partial charge in [0, 0.05) is 6.42 Å². The normalized spacial score (nSPS) is 19.2. The van der Waals surface area contributed by atoms with Crippen molar-refractivity contribution in [1.82, 2.24) is 14.9 Å². The number of nitrogens with one attached hydrogen (secondary N) is 1. The first-order chi connectivity index (χ1) is 8.00. The van der Waals surface area contributed by atoms with Crippen LogP contribution in [0.25, 0.3) is 0 Å². The van der Waals surface area contributed by atoms with Crippen molar-refractivity contribution in [2.75, 3.05) is 0 Å². The third kappa shape index (κ3) is 1.97. The molecular formula is C9H9F2N3O3. The summed E-state index contributed by atoms with van der Waals surface area (Å²) in [4.78, 5) is 29.4. The van der Waals surface area contributed by atoms with Crippen molar-refractivity contribution in [3.05, 3.63) is 17.7 Å². The summed E-state index contributed by atoms with van der Waals surface area (Å²) in [5.41, 5.74) is 0.993. The molecule has 1 atom stereocenters. The number of fused-ring (bicyclic) bond motifs is 1. The molecule has 0 bridgehead atoms. The summed E-state index contributed by atoms with van der Waals surface area (Å²) in [6, 6.07) is -1.28. The zero-order valence-corrected chi connectivity index (χ0v) is 8.56. The van der Waals surface area contributed by atoms with Crippen LogP contribution < -0.4 is 0 Å². The molecule has 2 rings (SSSR count). The highest BCUT2D eigenvalue weighted by Gasteiger charge is 2.38. The molecule has 0 fully saturated rings. The van der Waals surface area contributed by atoms with Crippen LogP contribution in [0.5, 0.6) is 0 Å².